The van der Waals surface area contributed by atoms with Gasteiger partial charge in [0.15, 0.2) is 17.3 Å². The molecule has 1 N–H and O–H groups in total. The van der Waals surface area contributed by atoms with Crippen molar-refractivity contribution >= 4 is 5.91 Å². The van der Waals surface area contributed by atoms with E-state index in [9.17, 15) is 4.79 Å². The first-order valence-corrected chi connectivity index (χ1v) is 8.64. The molecule has 3 rings (SSSR count). The number of amides is 1. The number of aryl methyl sites for hydroxylation is 1. The number of ether oxygens (including phenoxy) is 2. The molecule has 0 bridgehead atoms. The van der Waals surface area contributed by atoms with Crippen molar-refractivity contribution in [1.82, 2.24) is 10.5 Å². The number of nitrogens with one attached hydrogen (secondary N) is 1. The van der Waals surface area contributed by atoms with Crippen LogP contribution in [0.3, 0.4) is 0 Å². The number of carbonyl (C=O) groups excluding carboxylic acids is 1. The maximum atomic E-state index is 12.7. The van der Waals surface area contributed by atoms with Crippen LogP contribution in [0.25, 0.3) is 0 Å². The third-order valence-corrected chi connectivity index (χ3v) is 4.26. The maximum absolute atomic E-state index is 12.7. The minimum Gasteiger partial charge on any atom is -0.490 e. The van der Waals surface area contributed by atoms with Crippen LogP contribution in [-0.2, 0) is 0 Å². The molecular weight excluding hydrogens is 320 g/mol. The van der Waals surface area contributed by atoms with Gasteiger partial charge in [0, 0.05) is 12.3 Å². The van der Waals surface area contributed by atoms with E-state index < -0.39 is 0 Å². The lowest BCUT2D eigenvalue weighted by Crippen LogP contribution is -2.27. The van der Waals surface area contributed by atoms with Crippen molar-refractivity contribution in [3.05, 3.63) is 40.8 Å². The van der Waals surface area contributed by atoms with E-state index in [1.165, 1.54) is 0 Å². The van der Waals surface area contributed by atoms with Crippen molar-refractivity contribution in [2.45, 2.75) is 46.1 Å². The fourth-order valence-corrected chi connectivity index (χ4v) is 2.86. The summed E-state index contributed by atoms with van der Waals surface area (Å²) >= 11 is 0. The van der Waals surface area contributed by atoms with Crippen LogP contribution in [0.1, 0.15) is 66.5 Å². The van der Waals surface area contributed by atoms with Gasteiger partial charge in [0.1, 0.15) is 5.56 Å². The van der Waals surface area contributed by atoms with Crippen LogP contribution in [-0.4, -0.2) is 24.3 Å². The molecule has 2 aromatic rings. The van der Waals surface area contributed by atoms with Gasteiger partial charge in [-0.2, -0.15) is 0 Å². The lowest BCUT2D eigenvalue weighted by Gasteiger charge is -2.17. The summed E-state index contributed by atoms with van der Waals surface area (Å²) in [5, 5.41) is 6.96. The summed E-state index contributed by atoms with van der Waals surface area (Å²) in [7, 11) is 0. The highest BCUT2D eigenvalue weighted by atomic mass is 16.5. The van der Waals surface area contributed by atoms with E-state index in [0.717, 1.165) is 23.5 Å². The molecule has 1 aromatic heterocycles. The zero-order valence-corrected chi connectivity index (χ0v) is 15.1. The van der Waals surface area contributed by atoms with Crippen LogP contribution in [0.5, 0.6) is 11.5 Å². The van der Waals surface area contributed by atoms with Crippen LogP contribution in [0, 0.1) is 6.92 Å². The second-order valence-corrected chi connectivity index (χ2v) is 6.61. The van der Waals surface area contributed by atoms with E-state index in [2.05, 4.69) is 10.5 Å². The summed E-state index contributed by atoms with van der Waals surface area (Å²) in [4.78, 5) is 12.7. The quantitative estimate of drug-likeness (QED) is 0.914. The highest BCUT2D eigenvalue weighted by Gasteiger charge is 2.24. The van der Waals surface area contributed by atoms with Crippen molar-refractivity contribution in [1.29, 1.82) is 0 Å². The van der Waals surface area contributed by atoms with Gasteiger partial charge in [-0.05, 0) is 31.5 Å². The summed E-state index contributed by atoms with van der Waals surface area (Å²) in [6.45, 7) is 8.96. The van der Waals surface area contributed by atoms with E-state index in [1.807, 2.05) is 39.0 Å². The van der Waals surface area contributed by atoms with Crippen molar-refractivity contribution in [3.8, 4) is 11.5 Å². The van der Waals surface area contributed by atoms with Crippen LogP contribution in [0.2, 0.25) is 0 Å². The lowest BCUT2D eigenvalue weighted by atomic mass is 10.0. The van der Waals surface area contributed by atoms with E-state index >= 15 is 0 Å². The highest BCUT2D eigenvalue weighted by molar-refractivity contribution is 5.96. The monoisotopic (exact) mass is 344 g/mol. The Morgan fingerprint density at radius 3 is 2.60 bits per heavy atom. The number of benzene rings is 1. The number of nitrogens with zero attached hydrogens (tertiary/aromatic N) is 1. The minimum atomic E-state index is -0.182. The van der Waals surface area contributed by atoms with Gasteiger partial charge in [-0.25, -0.2) is 0 Å². The molecule has 6 nitrogen and oxygen atoms in total. The van der Waals surface area contributed by atoms with Gasteiger partial charge < -0.3 is 19.3 Å². The van der Waals surface area contributed by atoms with Crippen molar-refractivity contribution in [2.75, 3.05) is 13.2 Å². The zero-order chi connectivity index (χ0) is 18.0. The van der Waals surface area contributed by atoms with E-state index in [4.69, 9.17) is 14.0 Å². The van der Waals surface area contributed by atoms with E-state index in [0.29, 0.717) is 30.2 Å². The SMILES string of the molecule is Cc1noc(C(C)C)c1C(=O)N[C@@H](C)c1ccc2c(c1)OCCCO2. The third-order valence-electron chi connectivity index (χ3n) is 4.26. The predicted octanol–water partition coefficient (Wildman–Crippen LogP) is 3.76. The summed E-state index contributed by atoms with van der Waals surface area (Å²) in [5.74, 6) is 2.00. The normalized spacial score (nSPS) is 14.9. The Morgan fingerprint density at radius 1 is 1.16 bits per heavy atom. The van der Waals surface area contributed by atoms with Crippen molar-refractivity contribution in [3.63, 3.8) is 0 Å². The number of fused-ring (bicyclic) bond motifs is 1. The van der Waals surface area contributed by atoms with Crippen molar-refractivity contribution < 1.29 is 18.8 Å². The first-order valence-electron chi connectivity index (χ1n) is 8.64. The number of carbonyl (C=O) groups is 1. The molecular formula is C19H24N2O4. The number of hydrogen-bond donors (Lipinski definition) is 1. The van der Waals surface area contributed by atoms with Crippen LogP contribution in [0.15, 0.2) is 22.7 Å². The molecule has 0 saturated carbocycles. The second kappa shape index (κ2) is 7.17. The molecule has 25 heavy (non-hydrogen) atoms. The van der Waals surface area contributed by atoms with Crippen LogP contribution < -0.4 is 14.8 Å². The van der Waals surface area contributed by atoms with Crippen LogP contribution >= 0.6 is 0 Å². The Morgan fingerprint density at radius 2 is 1.88 bits per heavy atom. The third kappa shape index (κ3) is 3.62. The molecule has 2 heterocycles. The molecule has 0 radical (unpaired) electrons. The second-order valence-electron chi connectivity index (χ2n) is 6.61. The molecule has 1 amide bonds. The molecule has 1 aromatic carbocycles. The fraction of sp³-hybridized carbons (Fsp3) is 0.474. The summed E-state index contributed by atoms with van der Waals surface area (Å²) in [5.41, 5.74) is 2.08. The number of rotatable bonds is 4. The van der Waals surface area contributed by atoms with E-state index in [1.54, 1.807) is 6.92 Å². The molecule has 0 spiro atoms. The zero-order valence-electron chi connectivity index (χ0n) is 15.1. The van der Waals surface area contributed by atoms with Crippen molar-refractivity contribution in [2.24, 2.45) is 0 Å². The summed E-state index contributed by atoms with van der Waals surface area (Å²) in [6, 6.07) is 5.58. The topological polar surface area (TPSA) is 73.6 Å². The van der Waals surface area contributed by atoms with Crippen LogP contribution in [0.4, 0.5) is 0 Å². The molecule has 0 saturated heterocycles. The summed E-state index contributed by atoms with van der Waals surface area (Å²) < 4.78 is 16.7. The summed E-state index contributed by atoms with van der Waals surface area (Å²) in [6.07, 6.45) is 0.862. The molecule has 0 fully saturated rings. The average molecular weight is 344 g/mol. The van der Waals surface area contributed by atoms with Gasteiger partial charge in [-0.15, -0.1) is 0 Å². The largest absolute Gasteiger partial charge is 0.490 e. The van der Waals surface area contributed by atoms with Gasteiger partial charge >= 0.3 is 0 Å². The number of hydrogen-bond acceptors (Lipinski definition) is 5. The van der Waals surface area contributed by atoms with E-state index in [-0.39, 0.29) is 17.9 Å². The Balaban J connectivity index is 1.78. The maximum Gasteiger partial charge on any atom is 0.257 e. The Kier molecular flexibility index (Phi) is 4.97. The van der Waals surface area contributed by atoms with Gasteiger partial charge in [0.05, 0.1) is 24.9 Å². The highest BCUT2D eigenvalue weighted by Crippen LogP contribution is 2.32. The predicted molar refractivity (Wildman–Crippen MR) is 93.3 cm³/mol. The first kappa shape index (κ1) is 17.3. The van der Waals surface area contributed by atoms with Gasteiger partial charge in [0.2, 0.25) is 0 Å². The molecule has 6 heteroatoms. The Labute approximate surface area is 147 Å². The van der Waals surface area contributed by atoms with Gasteiger partial charge in [-0.3, -0.25) is 4.79 Å². The molecule has 1 atom stereocenters. The molecule has 134 valence electrons. The Bertz CT molecular complexity index is 767. The average Bonchev–Trinajstić information content (AvgIpc) is 2.82. The standard InChI is InChI=1S/C19H24N2O4/c1-11(2)18-17(13(4)21-25-18)19(22)20-12(3)14-6-7-15-16(10-14)24-9-5-8-23-15/h6-7,10-12H,5,8-9H2,1-4H3,(H,20,22)/t12-/m0/s1. The smallest absolute Gasteiger partial charge is 0.257 e. The van der Waals surface area contributed by atoms with Gasteiger partial charge in [0.25, 0.3) is 5.91 Å². The molecule has 1 aliphatic rings. The first-order chi connectivity index (χ1) is 12.0. The minimum absolute atomic E-state index is 0.0929. The lowest BCUT2D eigenvalue weighted by molar-refractivity contribution is 0.0936. The van der Waals surface area contributed by atoms with Gasteiger partial charge in [-0.1, -0.05) is 25.1 Å². The molecule has 0 aliphatic carbocycles. The Hall–Kier alpha value is -2.50. The molecule has 1 aliphatic heterocycles. The number of aromatic nitrogens is 1. The fourth-order valence-electron chi connectivity index (χ4n) is 2.86. The molecule has 0 unspecified atom stereocenters.